The summed E-state index contributed by atoms with van der Waals surface area (Å²) < 4.78 is 5.41. The summed E-state index contributed by atoms with van der Waals surface area (Å²) in [5, 5.41) is 0. The number of alkyl halides is 1. The third-order valence-corrected chi connectivity index (χ3v) is 5.07. The van der Waals surface area contributed by atoms with Crippen LogP contribution in [0.1, 0.15) is 42.1 Å². The summed E-state index contributed by atoms with van der Waals surface area (Å²) >= 11 is 3.91. The lowest BCUT2D eigenvalue weighted by atomic mass is 9.92. The standard InChI is InChI=1S/C15H21BrO/c1-11(17-2)10-13-8-5-7-12-6-3-4-9-14(12)15(13)16/h3-4,6,9,11,13,15H,5,7-8,10H2,1-2H3. The van der Waals surface area contributed by atoms with E-state index in [-0.39, 0.29) is 0 Å². The highest BCUT2D eigenvalue weighted by Gasteiger charge is 2.26. The minimum atomic E-state index is 0.352. The highest BCUT2D eigenvalue weighted by atomic mass is 79.9. The van der Waals surface area contributed by atoms with E-state index in [1.165, 1.54) is 30.4 Å². The first kappa shape index (κ1) is 13.1. The van der Waals surface area contributed by atoms with Gasteiger partial charge in [0.1, 0.15) is 0 Å². The van der Waals surface area contributed by atoms with E-state index in [0.717, 1.165) is 6.42 Å². The molecular weight excluding hydrogens is 276 g/mol. The first-order valence-electron chi connectivity index (χ1n) is 6.47. The van der Waals surface area contributed by atoms with E-state index in [4.69, 9.17) is 4.74 Å². The van der Waals surface area contributed by atoms with E-state index in [2.05, 4.69) is 47.1 Å². The summed E-state index contributed by atoms with van der Waals surface area (Å²) in [5.74, 6) is 0.689. The van der Waals surface area contributed by atoms with Crippen molar-refractivity contribution in [2.75, 3.05) is 7.11 Å². The fourth-order valence-electron chi connectivity index (χ4n) is 2.75. The summed E-state index contributed by atoms with van der Waals surface area (Å²) in [5.41, 5.74) is 3.00. The Labute approximate surface area is 113 Å². The lowest BCUT2D eigenvalue weighted by Gasteiger charge is -2.24. The first-order chi connectivity index (χ1) is 8.22. The minimum Gasteiger partial charge on any atom is -0.382 e. The summed E-state index contributed by atoms with van der Waals surface area (Å²) in [6.07, 6.45) is 5.29. The zero-order valence-corrected chi connectivity index (χ0v) is 12.2. The summed E-state index contributed by atoms with van der Waals surface area (Å²) in [7, 11) is 1.80. The molecule has 1 aromatic carbocycles. The highest BCUT2D eigenvalue weighted by Crippen LogP contribution is 2.41. The van der Waals surface area contributed by atoms with Crippen LogP contribution in [0.2, 0.25) is 0 Å². The van der Waals surface area contributed by atoms with Crippen LogP contribution in [0.5, 0.6) is 0 Å². The van der Waals surface area contributed by atoms with Crippen LogP contribution in [-0.4, -0.2) is 13.2 Å². The van der Waals surface area contributed by atoms with Gasteiger partial charge >= 0.3 is 0 Å². The van der Waals surface area contributed by atoms with Crippen molar-refractivity contribution in [2.24, 2.45) is 5.92 Å². The Morgan fingerprint density at radius 3 is 2.94 bits per heavy atom. The number of halogens is 1. The molecule has 0 amide bonds. The van der Waals surface area contributed by atoms with Crippen molar-refractivity contribution in [3.63, 3.8) is 0 Å². The Kier molecular flexibility index (Phi) is 4.63. The monoisotopic (exact) mass is 296 g/mol. The van der Waals surface area contributed by atoms with Gasteiger partial charge in [0.25, 0.3) is 0 Å². The van der Waals surface area contributed by atoms with Crippen molar-refractivity contribution in [3.8, 4) is 0 Å². The van der Waals surface area contributed by atoms with Crippen LogP contribution in [0.25, 0.3) is 0 Å². The van der Waals surface area contributed by atoms with Gasteiger partial charge in [0.05, 0.1) is 6.10 Å². The van der Waals surface area contributed by atoms with Crippen LogP contribution >= 0.6 is 15.9 Å². The number of fused-ring (bicyclic) bond motifs is 1. The van der Waals surface area contributed by atoms with Gasteiger partial charge in [0.2, 0.25) is 0 Å². The molecule has 17 heavy (non-hydrogen) atoms. The molecule has 2 heteroatoms. The predicted molar refractivity (Wildman–Crippen MR) is 75.6 cm³/mol. The average molecular weight is 297 g/mol. The number of rotatable bonds is 3. The molecule has 1 aliphatic rings. The fraction of sp³-hybridized carbons (Fsp3) is 0.600. The van der Waals surface area contributed by atoms with Gasteiger partial charge in [-0.25, -0.2) is 0 Å². The van der Waals surface area contributed by atoms with Crippen molar-refractivity contribution >= 4 is 15.9 Å². The van der Waals surface area contributed by atoms with E-state index in [1.54, 1.807) is 7.11 Å². The molecule has 0 fully saturated rings. The molecule has 1 nitrogen and oxygen atoms in total. The molecule has 94 valence electrons. The molecule has 2 rings (SSSR count). The van der Waals surface area contributed by atoms with E-state index < -0.39 is 0 Å². The van der Waals surface area contributed by atoms with Gasteiger partial charge in [-0.05, 0) is 49.7 Å². The Hall–Kier alpha value is -0.340. The maximum Gasteiger partial charge on any atom is 0.0546 e. The predicted octanol–water partition coefficient (Wildman–Crippen LogP) is 4.50. The maximum atomic E-state index is 5.41. The smallest absolute Gasteiger partial charge is 0.0546 e. The summed E-state index contributed by atoms with van der Waals surface area (Å²) in [6, 6.07) is 8.84. The largest absolute Gasteiger partial charge is 0.382 e. The normalized spacial score (nSPS) is 26.1. The third-order valence-electron chi connectivity index (χ3n) is 3.82. The van der Waals surface area contributed by atoms with Gasteiger partial charge in [0.15, 0.2) is 0 Å². The van der Waals surface area contributed by atoms with Gasteiger partial charge in [-0.2, -0.15) is 0 Å². The topological polar surface area (TPSA) is 9.23 Å². The molecule has 0 aromatic heterocycles. The van der Waals surface area contributed by atoms with Crippen LogP contribution in [0.3, 0.4) is 0 Å². The second-order valence-electron chi connectivity index (χ2n) is 5.03. The van der Waals surface area contributed by atoms with Crippen LogP contribution in [0.15, 0.2) is 24.3 Å². The summed E-state index contributed by atoms with van der Waals surface area (Å²) in [6.45, 7) is 2.16. The molecular formula is C15H21BrO. The first-order valence-corrected chi connectivity index (χ1v) is 7.38. The van der Waals surface area contributed by atoms with E-state index in [1.807, 2.05) is 0 Å². The van der Waals surface area contributed by atoms with E-state index in [0.29, 0.717) is 16.8 Å². The van der Waals surface area contributed by atoms with Gasteiger partial charge < -0.3 is 4.74 Å². The highest BCUT2D eigenvalue weighted by molar-refractivity contribution is 9.09. The quantitative estimate of drug-likeness (QED) is 0.589. The SMILES string of the molecule is COC(C)CC1CCCc2ccccc2C1Br. The van der Waals surface area contributed by atoms with Crippen LogP contribution in [-0.2, 0) is 11.2 Å². The number of methoxy groups -OCH3 is 1. The van der Waals surface area contributed by atoms with Crippen molar-refractivity contribution < 1.29 is 4.74 Å². The molecule has 3 unspecified atom stereocenters. The Morgan fingerprint density at radius 2 is 2.18 bits per heavy atom. The second-order valence-corrected chi connectivity index (χ2v) is 6.02. The lowest BCUT2D eigenvalue weighted by molar-refractivity contribution is 0.0932. The van der Waals surface area contributed by atoms with Gasteiger partial charge in [-0.1, -0.05) is 40.2 Å². The molecule has 1 aromatic rings. The van der Waals surface area contributed by atoms with E-state index >= 15 is 0 Å². The third kappa shape index (κ3) is 3.11. The number of ether oxygens (including phenoxy) is 1. The summed E-state index contributed by atoms with van der Waals surface area (Å²) in [4.78, 5) is 0.485. The molecule has 0 saturated heterocycles. The van der Waals surface area contributed by atoms with Crippen LogP contribution in [0.4, 0.5) is 0 Å². The van der Waals surface area contributed by atoms with Crippen LogP contribution in [0, 0.1) is 5.92 Å². The molecule has 0 bridgehead atoms. The molecule has 0 aliphatic heterocycles. The Balaban J connectivity index is 2.17. The zero-order valence-electron chi connectivity index (χ0n) is 10.7. The Morgan fingerprint density at radius 1 is 1.41 bits per heavy atom. The molecule has 0 saturated carbocycles. The van der Waals surface area contributed by atoms with Crippen molar-refractivity contribution in [2.45, 2.75) is 43.5 Å². The second kappa shape index (κ2) is 6.01. The minimum absolute atomic E-state index is 0.352. The van der Waals surface area contributed by atoms with Crippen molar-refractivity contribution in [1.29, 1.82) is 0 Å². The van der Waals surface area contributed by atoms with Crippen molar-refractivity contribution in [1.82, 2.24) is 0 Å². The van der Waals surface area contributed by atoms with Crippen molar-refractivity contribution in [3.05, 3.63) is 35.4 Å². The van der Waals surface area contributed by atoms with Gasteiger partial charge in [-0.15, -0.1) is 0 Å². The van der Waals surface area contributed by atoms with Crippen LogP contribution < -0.4 is 0 Å². The van der Waals surface area contributed by atoms with Gasteiger partial charge in [0, 0.05) is 11.9 Å². The number of aryl methyl sites for hydroxylation is 1. The molecule has 0 heterocycles. The number of hydrogen-bond donors (Lipinski definition) is 0. The molecule has 0 N–H and O–H groups in total. The molecule has 0 radical (unpaired) electrons. The fourth-order valence-corrected chi connectivity index (χ4v) is 3.67. The maximum absolute atomic E-state index is 5.41. The number of hydrogen-bond acceptors (Lipinski definition) is 1. The van der Waals surface area contributed by atoms with E-state index in [9.17, 15) is 0 Å². The number of benzene rings is 1. The van der Waals surface area contributed by atoms with Gasteiger partial charge in [-0.3, -0.25) is 0 Å². The zero-order chi connectivity index (χ0) is 12.3. The average Bonchev–Trinajstić information content (AvgIpc) is 2.51. The molecule has 0 spiro atoms. The molecule has 1 aliphatic carbocycles. The Bertz CT molecular complexity index is 364. The lowest BCUT2D eigenvalue weighted by Crippen LogP contribution is -2.15. The molecule has 3 atom stereocenters.